The number of H-pyrrole nitrogens is 1. The first-order valence-electron chi connectivity index (χ1n) is 9.73. The monoisotopic (exact) mass is 425 g/mol. The number of para-hydroxylation sites is 1. The summed E-state index contributed by atoms with van der Waals surface area (Å²) in [6.45, 7) is 0.832. The van der Waals surface area contributed by atoms with Gasteiger partial charge in [-0.1, -0.05) is 30.3 Å². The largest absolute Gasteiger partial charge is 0.467 e. The first-order valence-corrected chi connectivity index (χ1v) is 11.0. The second-order valence-electron chi connectivity index (χ2n) is 7.23. The number of hydrogen-bond acceptors (Lipinski definition) is 5. The summed E-state index contributed by atoms with van der Waals surface area (Å²) in [5, 5.41) is 3.87. The third kappa shape index (κ3) is 5.64. The first-order chi connectivity index (χ1) is 14.5. The molecule has 2 N–H and O–H groups in total. The number of rotatable bonds is 9. The van der Waals surface area contributed by atoms with E-state index in [1.54, 1.807) is 11.8 Å². The lowest BCUT2D eigenvalue weighted by atomic mass is 10.0. The standard InChI is InChI=1S/C23H27N3O3S/c1-26(14-16-8-10-18(30-3)11-9-16)15-22(27)25-21(23(28)29-2)12-17-13-24-20-7-5-4-6-19(17)20/h4-11,13,21,24H,12,14-15H2,1-3H3,(H,25,27)/t21-/m0/s1. The van der Waals surface area contributed by atoms with Crippen molar-refractivity contribution in [2.24, 2.45) is 0 Å². The van der Waals surface area contributed by atoms with Gasteiger partial charge >= 0.3 is 5.97 Å². The summed E-state index contributed by atoms with van der Waals surface area (Å²) in [6, 6.07) is 15.4. The fourth-order valence-corrected chi connectivity index (χ4v) is 3.85. The van der Waals surface area contributed by atoms with Crippen molar-refractivity contribution in [3.05, 3.63) is 65.9 Å². The molecule has 0 saturated heterocycles. The van der Waals surface area contributed by atoms with Gasteiger partial charge in [0.1, 0.15) is 6.04 Å². The van der Waals surface area contributed by atoms with Crippen molar-refractivity contribution in [3.63, 3.8) is 0 Å². The second-order valence-corrected chi connectivity index (χ2v) is 8.11. The number of carbonyl (C=O) groups is 2. The van der Waals surface area contributed by atoms with Gasteiger partial charge in [-0.3, -0.25) is 9.69 Å². The molecule has 6 nitrogen and oxygen atoms in total. The normalized spacial score (nSPS) is 12.1. The fraction of sp³-hybridized carbons (Fsp3) is 0.304. The fourth-order valence-electron chi connectivity index (χ4n) is 3.44. The number of esters is 1. The minimum absolute atomic E-state index is 0.186. The zero-order chi connectivity index (χ0) is 21.5. The molecule has 1 atom stereocenters. The Balaban J connectivity index is 1.61. The van der Waals surface area contributed by atoms with E-state index in [2.05, 4.69) is 34.6 Å². The molecule has 1 aromatic heterocycles. The Kier molecular flexibility index (Phi) is 7.54. The number of nitrogens with zero attached hydrogens (tertiary/aromatic N) is 1. The summed E-state index contributed by atoms with van der Waals surface area (Å²) in [5.74, 6) is -0.669. The number of nitrogens with one attached hydrogen (secondary N) is 2. The topological polar surface area (TPSA) is 74.4 Å². The number of amides is 1. The highest BCUT2D eigenvalue weighted by molar-refractivity contribution is 7.98. The number of hydrogen-bond donors (Lipinski definition) is 2. The van der Waals surface area contributed by atoms with Crippen molar-refractivity contribution in [1.82, 2.24) is 15.2 Å². The van der Waals surface area contributed by atoms with Crippen molar-refractivity contribution < 1.29 is 14.3 Å². The first kappa shape index (κ1) is 21.9. The van der Waals surface area contributed by atoms with Crippen LogP contribution >= 0.6 is 11.8 Å². The Hall–Kier alpha value is -2.77. The maximum Gasteiger partial charge on any atom is 0.328 e. The SMILES string of the molecule is COC(=O)[C@H](Cc1c[nH]c2ccccc12)NC(=O)CN(C)Cc1ccc(SC)cc1. The molecule has 0 unspecified atom stereocenters. The Morgan fingerprint density at radius 3 is 2.60 bits per heavy atom. The highest BCUT2D eigenvalue weighted by Gasteiger charge is 2.23. The molecule has 0 aliphatic carbocycles. The van der Waals surface area contributed by atoms with Gasteiger partial charge in [0.05, 0.1) is 13.7 Å². The van der Waals surface area contributed by atoms with Crippen molar-refractivity contribution in [1.29, 1.82) is 0 Å². The van der Waals surface area contributed by atoms with Gasteiger partial charge in [-0.2, -0.15) is 0 Å². The van der Waals surface area contributed by atoms with Crippen LogP contribution in [0.15, 0.2) is 59.6 Å². The maximum atomic E-state index is 12.6. The zero-order valence-electron chi connectivity index (χ0n) is 17.5. The molecule has 3 aromatic rings. The van der Waals surface area contributed by atoms with Crippen LogP contribution in [0.2, 0.25) is 0 Å². The Morgan fingerprint density at radius 1 is 1.17 bits per heavy atom. The molecule has 0 aliphatic rings. The van der Waals surface area contributed by atoms with Crippen LogP contribution in [0.3, 0.4) is 0 Å². The number of ether oxygens (including phenoxy) is 1. The van der Waals surface area contributed by atoms with E-state index in [1.165, 1.54) is 12.0 Å². The molecule has 1 amide bonds. The van der Waals surface area contributed by atoms with Crippen LogP contribution in [0, 0.1) is 0 Å². The van der Waals surface area contributed by atoms with Gasteiger partial charge in [-0.25, -0.2) is 4.79 Å². The number of thioether (sulfide) groups is 1. The summed E-state index contributed by atoms with van der Waals surface area (Å²) < 4.78 is 4.92. The van der Waals surface area contributed by atoms with Crippen molar-refractivity contribution in [2.75, 3.05) is 27.0 Å². The van der Waals surface area contributed by atoms with Crippen LogP contribution in [0.5, 0.6) is 0 Å². The summed E-state index contributed by atoms with van der Waals surface area (Å²) in [7, 11) is 3.22. The summed E-state index contributed by atoms with van der Waals surface area (Å²) >= 11 is 1.70. The second kappa shape index (κ2) is 10.3. The predicted molar refractivity (Wildman–Crippen MR) is 121 cm³/mol. The molecule has 1 heterocycles. The molecular weight excluding hydrogens is 398 g/mol. The number of benzene rings is 2. The van der Waals surface area contributed by atoms with Gasteiger partial charge in [0.15, 0.2) is 0 Å². The molecule has 0 radical (unpaired) electrons. The van der Waals surface area contributed by atoms with Gasteiger partial charge < -0.3 is 15.0 Å². The smallest absolute Gasteiger partial charge is 0.328 e. The number of fused-ring (bicyclic) bond motifs is 1. The van der Waals surface area contributed by atoms with Crippen LogP contribution in [0.1, 0.15) is 11.1 Å². The highest BCUT2D eigenvalue weighted by atomic mass is 32.2. The van der Waals surface area contributed by atoms with Crippen molar-refractivity contribution in [2.45, 2.75) is 23.9 Å². The van der Waals surface area contributed by atoms with Gasteiger partial charge in [0.25, 0.3) is 0 Å². The summed E-state index contributed by atoms with van der Waals surface area (Å²) in [4.78, 5) is 31.2. The maximum absolute atomic E-state index is 12.6. The number of methoxy groups -OCH3 is 1. The molecule has 2 aromatic carbocycles. The quantitative estimate of drug-likeness (QED) is 0.407. The molecule has 0 bridgehead atoms. The molecule has 0 spiro atoms. The van der Waals surface area contributed by atoms with Crippen LogP contribution < -0.4 is 5.32 Å². The van der Waals surface area contributed by atoms with Crippen molar-refractivity contribution >= 4 is 34.5 Å². The third-order valence-electron chi connectivity index (χ3n) is 4.94. The third-order valence-corrected chi connectivity index (χ3v) is 5.69. The average Bonchev–Trinajstić information content (AvgIpc) is 3.16. The number of likely N-dealkylation sites (N-methyl/N-ethyl adjacent to an activating group) is 1. The minimum Gasteiger partial charge on any atom is -0.467 e. The Morgan fingerprint density at radius 2 is 1.90 bits per heavy atom. The van der Waals surface area contributed by atoms with Crippen LogP contribution in [-0.4, -0.2) is 54.8 Å². The summed E-state index contributed by atoms with van der Waals surface area (Å²) in [6.07, 6.45) is 4.28. The number of carbonyl (C=O) groups excluding carboxylic acids is 2. The molecule has 30 heavy (non-hydrogen) atoms. The van der Waals surface area contributed by atoms with Crippen LogP contribution in [0.25, 0.3) is 10.9 Å². The van der Waals surface area contributed by atoms with E-state index in [-0.39, 0.29) is 12.5 Å². The van der Waals surface area contributed by atoms with E-state index in [0.717, 1.165) is 22.0 Å². The van der Waals surface area contributed by atoms with Gasteiger partial charge in [-0.05, 0) is 42.6 Å². The summed E-state index contributed by atoms with van der Waals surface area (Å²) in [5.41, 5.74) is 3.09. The lowest BCUT2D eigenvalue weighted by Gasteiger charge is -2.20. The zero-order valence-corrected chi connectivity index (χ0v) is 18.3. The lowest BCUT2D eigenvalue weighted by Crippen LogP contribution is -2.46. The van der Waals surface area contributed by atoms with Crippen molar-refractivity contribution in [3.8, 4) is 0 Å². The average molecular weight is 426 g/mol. The van der Waals surface area contributed by atoms with Gasteiger partial charge in [0, 0.05) is 35.0 Å². The Labute approximate surface area is 181 Å². The highest BCUT2D eigenvalue weighted by Crippen LogP contribution is 2.19. The molecular formula is C23H27N3O3S. The minimum atomic E-state index is -0.740. The van der Waals surface area contributed by atoms with E-state index in [9.17, 15) is 9.59 Å². The van der Waals surface area contributed by atoms with E-state index < -0.39 is 12.0 Å². The molecule has 0 saturated carbocycles. The lowest BCUT2D eigenvalue weighted by molar-refractivity contribution is -0.145. The molecule has 158 valence electrons. The van der Waals surface area contributed by atoms with Gasteiger partial charge in [-0.15, -0.1) is 11.8 Å². The van der Waals surface area contributed by atoms with Crippen LogP contribution in [0.4, 0.5) is 0 Å². The van der Waals surface area contributed by atoms with E-state index in [0.29, 0.717) is 13.0 Å². The Bertz CT molecular complexity index is 1000. The van der Waals surface area contributed by atoms with Crippen LogP contribution in [-0.2, 0) is 27.3 Å². The number of aromatic nitrogens is 1. The van der Waals surface area contributed by atoms with E-state index in [1.807, 2.05) is 48.7 Å². The van der Waals surface area contributed by atoms with E-state index >= 15 is 0 Å². The predicted octanol–water partition coefficient (Wildman–Crippen LogP) is 3.22. The molecule has 0 fully saturated rings. The molecule has 3 rings (SSSR count). The molecule has 0 aliphatic heterocycles. The number of aromatic amines is 1. The van der Waals surface area contributed by atoms with Gasteiger partial charge in [0.2, 0.25) is 5.91 Å². The van der Waals surface area contributed by atoms with E-state index in [4.69, 9.17) is 4.74 Å². The molecule has 7 heteroatoms.